The van der Waals surface area contributed by atoms with Crippen molar-refractivity contribution in [2.24, 2.45) is 11.8 Å². The van der Waals surface area contributed by atoms with Crippen LogP contribution in [0.4, 0.5) is 13.2 Å². The van der Waals surface area contributed by atoms with E-state index in [0.717, 1.165) is 12.1 Å². The number of hydrogen-bond acceptors (Lipinski definition) is 1. The molecule has 106 valence electrons. The molecular weight excluding hydrogens is 253 g/mol. The van der Waals surface area contributed by atoms with Crippen molar-refractivity contribution in [2.75, 3.05) is 0 Å². The van der Waals surface area contributed by atoms with Crippen molar-refractivity contribution in [2.45, 2.75) is 45.4 Å². The van der Waals surface area contributed by atoms with Crippen molar-refractivity contribution < 1.29 is 18.3 Å². The molecule has 0 unspecified atom stereocenters. The number of aliphatic hydroxyl groups is 1. The molecule has 0 saturated heterocycles. The molecule has 0 bridgehead atoms. The molecule has 1 nitrogen and oxygen atoms in total. The quantitative estimate of drug-likeness (QED) is 0.852. The summed E-state index contributed by atoms with van der Waals surface area (Å²) in [5.41, 5.74) is -0.447. The molecule has 1 N–H and O–H groups in total. The van der Waals surface area contributed by atoms with Gasteiger partial charge in [0.1, 0.15) is 0 Å². The molecule has 0 radical (unpaired) electrons. The summed E-state index contributed by atoms with van der Waals surface area (Å²) in [6, 6.07) is 3.60. The summed E-state index contributed by atoms with van der Waals surface area (Å²) in [4.78, 5) is 0. The highest BCUT2D eigenvalue weighted by molar-refractivity contribution is 5.37. The predicted octanol–water partition coefficient (Wildman–Crippen LogP) is 4.27. The van der Waals surface area contributed by atoms with Gasteiger partial charge in [-0.3, -0.25) is 0 Å². The second-order valence-corrected chi connectivity index (χ2v) is 5.97. The molecule has 0 heterocycles. The van der Waals surface area contributed by atoms with E-state index in [1.54, 1.807) is 6.92 Å². The normalized spacial score (nSPS) is 27.5. The fourth-order valence-corrected chi connectivity index (χ4v) is 2.86. The first-order chi connectivity index (χ1) is 8.63. The Morgan fingerprint density at radius 1 is 1.26 bits per heavy atom. The van der Waals surface area contributed by atoms with Crippen LogP contribution in [0, 0.1) is 18.8 Å². The third-order valence-electron chi connectivity index (χ3n) is 4.20. The molecule has 0 spiro atoms. The van der Waals surface area contributed by atoms with Gasteiger partial charge in [0.05, 0.1) is 11.2 Å². The zero-order valence-electron chi connectivity index (χ0n) is 11.4. The number of rotatable bonds is 2. The van der Waals surface area contributed by atoms with Crippen LogP contribution in [0.2, 0.25) is 0 Å². The molecule has 1 saturated carbocycles. The van der Waals surface area contributed by atoms with E-state index >= 15 is 0 Å². The summed E-state index contributed by atoms with van der Waals surface area (Å²) >= 11 is 0. The number of aryl methyl sites for hydroxylation is 1. The van der Waals surface area contributed by atoms with Crippen LogP contribution >= 0.6 is 0 Å². The lowest BCUT2D eigenvalue weighted by Crippen LogP contribution is -2.43. The molecule has 0 amide bonds. The van der Waals surface area contributed by atoms with E-state index < -0.39 is 17.3 Å². The molecule has 0 aromatic heterocycles. The molecule has 4 heteroatoms. The molecule has 1 aromatic rings. The van der Waals surface area contributed by atoms with Gasteiger partial charge < -0.3 is 5.11 Å². The average Bonchev–Trinajstić information content (AvgIpc) is 2.23. The first kappa shape index (κ1) is 14.4. The van der Waals surface area contributed by atoms with Gasteiger partial charge in [-0.2, -0.15) is 13.2 Å². The summed E-state index contributed by atoms with van der Waals surface area (Å²) in [6.45, 7) is 5.83. The second-order valence-electron chi connectivity index (χ2n) is 5.97. The van der Waals surface area contributed by atoms with Crippen LogP contribution in [-0.4, -0.2) is 5.11 Å². The summed E-state index contributed by atoms with van der Waals surface area (Å²) in [7, 11) is 0. The van der Waals surface area contributed by atoms with Gasteiger partial charge in [-0.15, -0.1) is 0 Å². The molecule has 0 atom stereocenters. The highest BCUT2D eigenvalue weighted by Gasteiger charge is 2.46. The Labute approximate surface area is 111 Å². The highest BCUT2D eigenvalue weighted by Crippen LogP contribution is 2.49. The molecule has 1 fully saturated rings. The van der Waals surface area contributed by atoms with E-state index in [9.17, 15) is 18.3 Å². The standard InChI is InChI=1S/C15H19F3O/c1-9(2)11-7-14(19,8-11)13-5-4-12(6-10(13)3)15(16,17)18/h4-6,9,11,19H,7-8H2,1-3H3. The predicted molar refractivity (Wildman–Crippen MR) is 67.6 cm³/mol. The highest BCUT2D eigenvalue weighted by atomic mass is 19.4. The van der Waals surface area contributed by atoms with E-state index in [-0.39, 0.29) is 0 Å². The van der Waals surface area contributed by atoms with Gasteiger partial charge in [-0.1, -0.05) is 19.9 Å². The maximum Gasteiger partial charge on any atom is 0.416 e. The second kappa shape index (κ2) is 4.51. The Morgan fingerprint density at radius 2 is 1.84 bits per heavy atom. The van der Waals surface area contributed by atoms with Crippen molar-refractivity contribution in [1.82, 2.24) is 0 Å². The Bertz CT molecular complexity index is 471. The number of benzene rings is 1. The number of halogens is 3. The van der Waals surface area contributed by atoms with E-state index in [0.29, 0.717) is 35.8 Å². The van der Waals surface area contributed by atoms with Crippen LogP contribution in [0.15, 0.2) is 18.2 Å². The van der Waals surface area contributed by atoms with Crippen LogP contribution in [0.25, 0.3) is 0 Å². The Hall–Kier alpha value is -1.03. The largest absolute Gasteiger partial charge is 0.416 e. The Morgan fingerprint density at radius 3 is 2.26 bits per heavy atom. The van der Waals surface area contributed by atoms with Gasteiger partial charge in [0.15, 0.2) is 0 Å². The van der Waals surface area contributed by atoms with E-state index in [4.69, 9.17) is 0 Å². The molecule has 0 aliphatic heterocycles. The Balaban J connectivity index is 2.24. The first-order valence-electron chi connectivity index (χ1n) is 6.54. The fraction of sp³-hybridized carbons (Fsp3) is 0.600. The maximum atomic E-state index is 12.6. The van der Waals surface area contributed by atoms with Gasteiger partial charge in [-0.05, 0) is 54.9 Å². The maximum absolute atomic E-state index is 12.6. The summed E-state index contributed by atoms with van der Waals surface area (Å²) in [5, 5.41) is 10.5. The minimum absolute atomic E-state index is 0.451. The third-order valence-corrected chi connectivity index (χ3v) is 4.20. The van der Waals surface area contributed by atoms with Crippen LogP contribution < -0.4 is 0 Å². The zero-order chi connectivity index (χ0) is 14.4. The lowest BCUT2D eigenvalue weighted by molar-refractivity contribution is -0.137. The van der Waals surface area contributed by atoms with Crippen LogP contribution in [0.5, 0.6) is 0 Å². The van der Waals surface area contributed by atoms with Gasteiger partial charge in [0.25, 0.3) is 0 Å². The number of hydrogen-bond donors (Lipinski definition) is 1. The number of alkyl halides is 3. The van der Waals surface area contributed by atoms with Gasteiger partial charge in [0, 0.05) is 0 Å². The SMILES string of the molecule is Cc1cc(C(F)(F)F)ccc1C1(O)CC(C(C)C)C1. The molecule has 19 heavy (non-hydrogen) atoms. The van der Waals surface area contributed by atoms with E-state index in [1.807, 2.05) is 0 Å². The van der Waals surface area contributed by atoms with Gasteiger partial charge >= 0.3 is 6.18 Å². The fourth-order valence-electron chi connectivity index (χ4n) is 2.86. The summed E-state index contributed by atoms with van der Waals surface area (Å²) in [5.74, 6) is 0.946. The minimum Gasteiger partial charge on any atom is -0.385 e. The minimum atomic E-state index is -4.33. The zero-order valence-corrected chi connectivity index (χ0v) is 11.4. The van der Waals surface area contributed by atoms with Crippen LogP contribution in [0.1, 0.15) is 43.4 Å². The van der Waals surface area contributed by atoms with Gasteiger partial charge in [0.2, 0.25) is 0 Å². The summed E-state index contributed by atoms with van der Waals surface area (Å²) < 4.78 is 37.8. The van der Waals surface area contributed by atoms with Crippen molar-refractivity contribution in [3.05, 3.63) is 34.9 Å². The van der Waals surface area contributed by atoms with Crippen molar-refractivity contribution in [1.29, 1.82) is 0 Å². The van der Waals surface area contributed by atoms with Crippen molar-refractivity contribution >= 4 is 0 Å². The molecule has 2 rings (SSSR count). The van der Waals surface area contributed by atoms with Crippen molar-refractivity contribution in [3.8, 4) is 0 Å². The summed E-state index contributed by atoms with van der Waals surface area (Å²) in [6.07, 6.45) is -3.06. The smallest absolute Gasteiger partial charge is 0.385 e. The van der Waals surface area contributed by atoms with E-state index in [2.05, 4.69) is 13.8 Å². The Kier molecular flexibility index (Phi) is 3.42. The lowest BCUT2D eigenvalue weighted by Gasteiger charge is -2.46. The molecular formula is C15H19F3O. The van der Waals surface area contributed by atoms with Crippen LogP contribution in [-0.2, 0) is 11.8 Å². The van der Waals surface area contributed by atoms with Gasteiger partial charge in [-0.25, -0.2) is 0 Å². The first-order valence-corrected chi connectivity index (χ1v) is 6.54. The lowest BCUT2D eigenvalue weighted by atomic mass is 9.63. The molecule has 1 aromatic carbocycles. The third kappa shape index (κ3) is 2.64. The monoisotopic (exact) mass is 272 g/mol. The molecule has 1 aliphatic rings. The van der Waals surface area contributed by atoms with Crippen molar-refractivity contribution in [3.63, 3.8) is 0 Å². The topological polar surface area (TPSA) is 20.2 Å². The van der Waals surface area contributed by atoms with E-state index in [1.165, 1.54) is 6.07 Å². The molecule has 1 aliphatic carbocycles. The van der Waals surface area contributed by atoms with Crippen LogP contribution in [0.3, 0.4) is 0 Å². The average molecular weight is 272 g/mol.